The third kappa shape index (κ3) is 4.19. The Bertz CT molecular complexity index is 1030. The second-order valence-corrected chi connectivity index (χ2v) is 5.51. The first-order chi connectivity index (χ1) is 13.1. The second kappa shape index (κ2) is 7.97. The van der Waals surface area contributed by atoms with Crippen LogP contribution < -0.4 is 14.8 Å². The van der Waals surface area contributed by atoms with Gasteiger partial charge in [0.15, 0.2) is 0 Å². The highest BCUT2D eigenvalue weighted by molar-refractivity contribution is 5.92. The van der Waals surface area contributed by atoms with Crippen molar-refractivity contribution >= 4 is 5.91 Å². The molecule has 1 amide bonds. The predicted octanol–water partition coefficient (Wildman–Crippen LogP) is 3.60. The lowest BCUT2D eigenvalue weighted by molar-refractivity contribution is 0.0958. The maximum absolute atomic E-state index is 11.7. The molecule has 27 heavy (non-hydrogen) atoms. The van der Waals surface area contributed by atoms with Gasteiger partial charge in [-0.3, -0.25) is 9.78 Å². The topological polar surface area (TPSA) is 97.1 Å². The molecule has 0 aliphatic heterocycles. The highest BCUT2D eigenvalue weighted by atomic mass is 16.5. The van der Waals surface area contributed by atoms with E-state index in [1.165, 1.54) is 13.2 Å². The van der Waals surface area contributed by atoms with Crippen LogP contribution >= 0.6 is 0 Å². The Morgan fingerprint density at radius 3 is 2.59 bits per heavy atom. The predicted molar refractivity (Wildman–Crippen MR) is 97.9 cm³/mol. The minimum atomic E-state index is -0.294. The fourth-order valence-electron chi connectivity index (χ4n) is 2.32. The molecule has 0 saturated carbocycles. The summed E-state index contributed by atoms with van der Waals surface area (Å²) in [6, 6.07) is 15.5. The lowest BCUT2D eigenvalue weighted by Crippen LogP contribution is -2.18. The molecular weight excluding hydrogens is 344 g/mol. The first-order valence-corrected chi connectivity index (χ1v) is 8.11. The zero-order valence-electron chi connectivity index (χ0n) is 14.8. The van der Waals surface area contributed by atoms with E-state index in [1.54, 1.807) is 48.5 Å². The Morgan fingerprint density at radius 2 is 1.85 bits per heavy atom. The highest BCUT2D eigenvalue weighted by Crippen LogP contribution is 2.33. The Kier molecular flexibility index (Phi) is 5.28. The minimum absolute atomic E-state index is 0.262. The van der Waals surface area contributed by atoms with Gasteiger partial charge in [-0.1, -0.05) is 12.1 Å². The van der Waals surface area contributed by atoms with Gasteiger partial charge in [0, 0.05) is 30.9 Å². The van der Waals surface area contributed by atoms with Crippen molar-refractivity contribution in [1.29, 1.82) is 5.26 Å². The monoisotopic (exact) mass is 360 g/mol. The Labute approximate surface area is 156 Å². The van der Waals surface area contributed by atoms with E-state index in [1.807, 2.05) is 13.0 Å². The average molecular weight is 360 g/mol. The van der Waals surface area contributed by atoms with Crippen LogP contribution in [0.5, 0.6) is 23.1 Å². The van der Waals surface area contributed by atoms with Crippen molar-refractivity contribution in [3.05, 3.63) is 71.7 Å². The molecule has 0 aliphatic carbocycles. The van der Waals surface area contributed by atoms with E-state index in [4.69, 9.17) is 14.7 Å². The molecule has 1 aromatic carbocycles. The van der Waals surface area contributed by atoms with Gasteiger partial charge in [-0.05, 0) is 31.2 Å². The van der Waals surface area contributed by atoms with E-state index < -0.39 is 0 Å². The molecule has 0 atom stereocenters. The molecule has 0 radical (unpaired) electrons. The highest BCUT2D eigenvalue weighted by Gasteiger charge is 2.11. The van der Waals surface area contributed by atoms with E-state index >= 15 is 0 Å². The van der Waals surface area contributed by atoms with Crippen molar-refractivity contribution in [3.63, 3.8) is 0 Å². The molecule has 0 fully saturated rings. The van der Waals surface area contributed by atoms with Crippen LogP contribution in [0.1, 0.15) is 21.7 Å². The average Bonchev–Trinajstić information content (AvgIpc) is 2.70. The number of hydrogen-bond acceptors (Lipinski definition) is 6. The summed E-state index contributed by atoms with van der Waals surface area (Å²) in [5, 5.41) is 11.5. The lowest BCUT2D eigenvalue weighted by Gasteiger charge is -2.13. The van der Waals surface area contributed by atoms with Gasteiger partial charge in [0.1, 0.15) is 34.7 Å². The van der Waals surface area contributed by atoms with Crippen LogP contribution in [-0.4, -0.2) is 22.9 Å². The number of ether oxygens (including phenoxy) is 2. The van der Waals surface area contributed by atoms with Crippen LogP contribution in [0.2, 0.25) is 0 Å². The zero-order valence-corrected chi connectivity index (χ0v) is 14.8. The molecule has 0 aliphatic rings. The molecule has 2 aromatic heterocycles. The fraction of sp³-hybridized carbons (Fsp3) is 0.100. The molecule has 0 bridgehead atoms. The Morgan fingerprint density at radius 1 is 1.11 bits per heavy atom. The molecular formula is C20H16N4O3. The van der Waals surface area contributed by atoms with Crippen LogP contribution in [0.15, 0.2) is 54.7 Å². The van der Waals surface area contributed by atoms with Crippen LogP contribution in [0, 0.1) is 18.3 Å². The summed E-state index contributed by atoms with van der Waals surface area (Å²) < 4.78 is 11.7. The number of hydrogen-bond donors (Lipinski definition) is 1. The standard InChI is InChI=1S/C20H16N4O3/c1-13-17(26-15-9-10-23-16(11-15)20(25)22-2)6-4-7-18(13)27-19-8-3-5-14(12-21)24-19/h3-11H,1-2H3,(H,22,25). The van der Waals surface area contributed by atoms with Gasteiger partial charge < -0.3 is 14.8 Å². The summed E-state index contributed by atoms with van der Waals surface area (Å²) in [7, 11) is 1.54. The van der Waals surface area contributed by atoms with Crippen LogP contribution in [0.3, 0.4) is 0 Å². The molecule has 3 rings (SSSR count). The van der Waals surface area contributed by atoms with Gasteiger partial charge in [0.05, 0.1) is 0 Å². The molecule has 7 heteroatoms. The van der Waals surface area contributed by atoms with Crippen LogP contribution in [0.25, 0.3) is 0 Å². The summed E-state index contributed by atoms with van der Waals surface area (Å²) in [6.07, 6.45) is 1.51. The van der Waals surface area contributed by atoms with Crippen molar-refractivity contribution in [2.45, 2.75) is 6.92 Å². The van der Waals surface area contributed by atoms with Crippen molar-refractivity contribution in [2.24, 2.45) is 0 Å². The first kappa shape index (κ1) is 17.9. The number of carbonyl (C=O) groups is 1. The van der Waals surface area contributed by atoms with Crippen LogP contribution in [-0.2, 0) is 0 Å². The maximum Gasteiger partial charge on any atom is 0.269 e. The number of carbonyl (C=O) groups excluding carboxylic acids is 1. The van der Waals surface area contributed by atoms with Crippen molar-refractivity contribution < 1.29 is 14.3 Å². The SMILES string of the molecule is CNC(=O)c1cc(Oc2cccc(Oc3cccc(C#N)n3)c2C)ccn1. The number of pyridine rings is 2. The second-order valence-electron chi connectivity index (χ2n) is 5.51. The van der Waals surface area contributed by atoms with Gasteiger partial charge >= 0.3 is 0 Å². The quantitative estimate of drug-likeness (QED) is 0.747. The number of nitrogens with zero attached hydrogens (tertiary/aromatic N) is 3. The van der Waals surface area contributed by atoms with E-state index in [0.717, 1.165) is 5.56 Å². The third-order valence-electron chi connectivity index (χ3n) is 3.71. The number of nitrogens with one attached hydrogen (secondary N) is 1. The summed E-state index contributed by atoms with van der Waals surface area (Å²) in [5.41, 5.74) is 1.29. The van der Waals surface area contributed by atoms with Crippen LogP contribution in [0.4, 0.5) is 0 Å². The van der Waals surface area contributed by atoms with E-state index in [-0.39, 0.29) is 17.3 Å². The van der Waals surface area contributed by atoms with Gasteiger partial charge in [-0.2, -0.15) is 5.26 Å². The zero-order chi connectivity index (χ0) is 19.2. The number of benzene rings is 1. The summed E-state index contributed by atoms with van der Waals surface area (Å²) in [4.78, 5) is 19.8. The van der Waals surface area contributed by atoms with Crippen molar-refractivity contribution in [2.75, 3.05) is 7.05 Å². The number of nitriles is 1. The fourth-order valence-corrected chi connectivity index (χ4v) is 2.32. The van der Waals surface area contributed by atoms with E-state index in [0.29, 0.717) is 23.1 Å². The number of amides is 1. The molecule has 134 valence electrons. The minimum Gasteiger partial charge on any atom is -0.457 e. The summed E-state index contributed by atoms with van der Waals surface area (Å²) >= 11 is 0. The van der Waals surface area contributed by atoms with Gasteiger partial charge in [0.25, 0.3) is 5.91 Å². The molecule has 1 N–H and O–H groups in total. The Balaban J connectivity index is 1.85. The molecule has 0 unspecified atom stereocenters. The molecule has 7 nitrogen and oxygen atoms in total. The van der Waals surface area contributed by atoms with Gasteiger partial charge in [-0.15, -0.1) is 0 Å². The van der Waals surface area contributed by atoms with E-state index in [9.17, 15) is 4.79 Å². The molecule has 0 spiro atoms. The van der Waals surface area contributed by atoms with Crippen molar-refractivity contribution in [1.82, 2.24) is 15.3 Å². The maximum atomic E-state index is 11.7. The number of aromatic nitrogens is 2. The molecule has 3 aromatic rings. The van der Waals surface area contributed by atoms with Gasteiger partial charge in [0.2, 0.25) is 5.88 Å². The Hall–Kier alpha value is -3.92. The third-order valence-corrected chi connectivity index (χ3v) is 3.71. The molecule has 0 saturated heterocycles. The van der Waals surface area contributed by atoms with E-state index in [2.05, 4.69) is 15.3 Å². The number of rotatable bonds is 5. The lowest BCUT2D eigenvalue weighted by atomic mass is 10.2. The van der Waals surface area contributed by atoms with Gasteiger partial charge in [-0.25, -0.2) is 4.98 Å². The smallest absolute Gasteiger partial charge is 0.269 e. The molecule has 2 heterocycles. The summed E-state index contributed by atoms with van der Waals surface area (Å²) in [5.74, 6) is 1.62. The first-order valence-electron chi connectivity index (χ1n) is 8.11. The van der Waals surface area contributed by atoms with Crippen molar-refractivity contribution in [3.8, 4) is 29.2 Å². The largest absolute Gasteiger partial charge is 0.457 e. The summed E-state index contributed by atoms with van der Waals surface area (Å²) in [6.45, 7) is 1.85. The normalized spacial score (nSPS) is 9.96.